The van der Waals surface area contributed by atoms with Crippen LogP contribution >= 0.6 is 0 Å². The first-order valence-corrected chi connectivity index (χ1v) is 7.18. The summed E-state index contributed by atoms with van der Waals surface area (Å²) in [7, 11) is 1.96. The van der Waals surface area contributed by atoms with E-state index >= 15 is 0 Å². The quantitative estimate of drug-likeness (QED) is 0.879. The van der Waals surface area contributed by atoms with Crippen LogP contribution in [0.25, 0.3) is 0 Å². The molecule has 1 aromatic carbocycles. The summed E-state index contributed by atoms with van der Waals surface area (Å²) < 4.78 is 5.54. The highest BCUT2D eigenvalue weighted by atomic mass is 16.3. The molecule has 0 bridgehead atoms. The predicted molar refractivity (Wildman–Crippen MR) is 83.3 cm³/mol. The van der Waals surface area contributed by atoms with Gasteiger partial charge in [-0.2, -0.15) is 5.26 Å². The molecule has 2 N–H and O–H groups in total. The smallest absolute Gasteiger partial charge is 0.282 e. The number of hydrogen-bond acceptors (Lipinski definition) is 3. The van der Waals surface area contributed by atoms with Crippen molar-refractivity contribution in [1.82, 2.24) is 0 Å². The topological polar surface area (TPSA) is 70.5 Å². The van der Waals surface area contributed by atoms with Gasteiger partial charge in [-0.3, -0.25) is 4.79 Å². The summed E-state index contributed by atoms with van der Waals surface area (Å²) in [5.74, 6) is 1.68. The molecule has 1 aromatic heterocycles. The molecule has 0 spiro atoms. The van der Waals surface area contributed by atoms with Gasteiger partial charge >= 0.3 is 0 Å². The molecule has 22 heavy (non-hydrogen) atoms. The average molecular weight is 298 g/mol. The monoisotopic (exact) mass is 298 g/mol. The molecule has 0 radical (unpaired) electrons. The van der Waals surface area contributed by atoms with E-state index in [1.165, 1.54) is 0 Å². The zero-order chi connectivity index (χ0) is 16.1. The Morgan fingerprint density at radius 2 is 2.00 bits per heavy atom. The molecule has 2 rings (SSSR count). The van der Waals surface area contributed by atoms with Crippen molar-refractivity contribution in [3.05, 3.63) is 53.5 Å². The third-order valence-corrected chi connectivity index (χ3v) is 3.66. The summed E-state index contributed by atoms with van der Waals surface area (Å²) in [6.45, 7) is 4.43. The van der Waals surface area contributed by atoms with E-state index < -0.39 is 0 Å². The molecule has 0 aliphatic rings. The summed E-state index contributed by atoms with van der Waals surface area (Å²) in [5, 5.41) is 11.6. The maximum atomic E-state index is 12.3. The molecule has 2 aromatic rings. The van der Waals surface area contributed by atoms with Gasteiger partial charge < -0.3 is 14.6 Å². The fraction of sp³-hybridized carbons (Fsp3) is 0.294. The number of hydrogen-bond donors (Lipinski definition) is 2. The Hall–Kier alpha value is -2.58. The summed E-state index contributed by atoms with van der Waals surface area (Å²) in [6.07, 6.45) is 0. The molecule has 1 amide bonds. The lowest BCUT2D eigenvalue weighted by atomic mass is 10.2. The normalized spacial score (nSPS) is 13.2. The first kappa shape index (κ1) is 15.8. The van der Waals surface area contributed by atoms with Crippen LogP contribution in [0, 0.1) is 18.3 Å². The van der Waals surface area contributed by atoms with E-state index in [2.05, 4.69) is 11.4 Å². The van der Waals surface area contributed by atoms with Gasteiger partial charge in [0.1, 0.15) is 12.3 Å². The van der Waals surface area contributed by atoms with Crippen LogP contribution in [0.2, 0.25) is 0 Å². The minimum Gasteiger partial charge on any atom is -0.460 e. The minimum atomic E-state index is -0.221. The van der Waals surface area contributed by atoms with Gasteiger partial charge in [0.05, 0.1) is 18.7 Å². The zero-order valence-electron chi connectivity index (χ0n) is 13.0. The van der Waals surface area contributed by atoms with Crippen LogP contribution in [0.15, 0.2) is 40.8 Å². The first-order valence-electron chi connectivity index (χ1n) is 7.18. The van der Waals surface area contributed by atoms with Gasteiger partial charge in [-0.05, 0) is 50.2 Å². The Kier molecular flexibility index (Phi) is 4.97. The number of carbonyl (C=O) groups is 1. The van der Waals surface area contributed by atoms with Crippen LogP contribution in [0.4, 0.5) is 5.69 Å². The number of nitriles is 1. The summed E-state index contributed by atoms with van der Waals surface area (Å²) in [6, 6.07) is 12.5. The molecule has 0 saturated heterocycles. The number of likely N-dealkylation sites (N-methyl/N-ethyl adjacent to an activating group) is 1. The third kappa shape index (κ3) is 3.96. The molecule has 0 fully saturated rings. The van der Waals surface area contributed by atoms with E-state index in [9.17, 15) is 4.79 Å². The van der Waals surface area contributed by atoms with Crippen LogP contribution in [0.3, 0.4) is 0 Å². The number of quaternary nitrogens is 1. The lowest BCUT2D eigenvalue weighted by molar-refractivity contribution is -0.908. The molecule has 0 aliphatic carbocycles. The first-order chi connectivity index (χ1) is 10.5. The number of aryl methyl sites for hydroxylation is 1. The van der Waals surface area contributed by atoms with Gasteiger partial charge in [0, 0.05) is 5.69 Å². The van der Waals surface area contributed by atoms with Crippen LogP contribution in [-0.4, -0.2) is 19.0 Å². The summed E-state index contributed by atoms with van der Waals surface area (Å²) in [4.78, 5) is 13.3. The highest BCUT2D eigenvalue weighted by Gasteiger charge is 2.22. The maximum Gasteiger partial charge on any atom is 0.282 e. The average Bonchev–Trinajstić information content (AvgIpc) is 2.92. The van der Waals surface area contributed by atoms with Gasteiger partial charge in [-0.25, -0.2) is 0 Å². The van der Waals surface area contributed by atoms with E-state index in [0.29, 0.717) is 17.8 Å². The molecular formula is C17H20N3O2+. The van der Waals surface area contributed by atoms with Gasteiger partial charge in [0.15, 0.2) is 11.8 Å². The number of furan rings is 1. The van der Waals surface area contributed by atoms with Crippen molar-refractivity contribution < 1.29 is 14.1 Å². The van der Waals surface area contributed by atoms with E-state index in [1.54, 1.807) is 24.3 Å². The van der Waals surface area contributed by atoms with E-state index in [4.69, 9.17) is 9.68 Å². The van der Waals surface area contributed by atoms with Crippen molar-refractivity contribution in [3.63, 3.8) is 0 Å². The van der Waals surface area contributed by atoms with Crippen molar-refractivity contribution in [1.29, 1.82) is 5.26 Å². The highest BCUT2D eigenvalue weighted by Crippen LogP contribution is 2.09. The fourth-order valence-corrected chi connectivity index (χ4v) is 2.11. The van der Waals surface area contributed by atoms with Crippen molar-refractivity contribution >= 4 is 11.6 Å². The molecule has 5 nitrogen and oxygen atoms in total. The summed E-state index contributed by atoms with van der Waals surface area (Å²) >= 11 is 0. The number of amides is 1. The van der Waals surface area contributed by atoms with Crippen molar-refractivity contribution in [3.8, 4) is 6.07 Å². The van der Waals surface area contributed by atoms with Gasteiger partial charge in [-0.15, -0.1) is 0 Å². The Balaban J connectivity index is 1.94. The minimum absolute atomic E-state index is 0.0644. The van der Waals surface area contributed by atoms with Crippen LogP contribution in [0.1, 0.15) is 24.0 Å². The van der Waals surface area contributed by atoms with Crippen LogP contribution < -0.4 is 10.2 Å². The van der Waals surface area contributed by atoms with Crippen molar-refractivity contribution in [2.75, 3.05) is 12.4 Å². The van der Waals surface area contributed by atoms with E-state index in [-0.39, 0.29) is 11.9 Å². The molecule has 5 heteroatoms. The second-order valence-corrected chi connectivity index (χ2v) is 5.44. The predicted octanol–water partition coefficient (Wildman–Crippen LogP) is 1.50. The number of nitrogens with one attached hydrogen (secondary N) is 2. The van der Waals surface area contributed by atoms with Gasteiger partial charge in [0.2, 0.25) is 0 Å². The molecule has 0 saturated carbocycles. The standard InChI is InChI=1S/C17H19N3O2/c1-12-4-9-16(22-12)11-20(3)13(2)17(21)19-15-7-5-14(10-18)6-8-15/h4-9,13H,11H2,1-3H3,(H,19,21)/p+1/t13-/m0/s1. The Morgan fingerprint density at radius 1 is 1.32 bits per heavy atom. The number of nitrogens with zero attached hydrogens (tertiary/aromatic N) is 1. The Bertz CT molecular complexity index is 683. The maximum absolute atomic E-state index is 12.3. The number of rotatable bonds is 5. The molecule has 114 valence electrons. The molecule has 1 heterocycles. The third-order valence-electron chi connectivity index (χ3n) is 3.66. The molecule has 1 unspecified atom stereocenters. The highest BCUT2D eigenvalue weighted by molar-refractivity contribution is 5.93. The zero-order valence-corrected chi connectivity index (χ0v) is 13.0. The SMILES string of the molecule is Cc1ccc(C[NH+](C)[C@@H](C)C(=O)Nc2ccc(C#N)cc2)o1. The van der Waals surface area contributed by atoms with E-state index in [0.717, 1.165) is 16.4 Å². The van der Waals surface area contributed by atoms with Gasteiger partial charge in [0.25, 0.3) is 5.91 Å². The second-order valence-electron chi connectivity index (χ2n) is 5.44. The lowest BCUT2D eigenvalue weighted by Crippen LogP contribution is -3.12. The number of anilines is 1. The Labute approximate surface area is 130 Å². The van der Waals surface area contributed by atoms with Crippen molar-refractivity contribution in [2.45, 2.75) is 26.4 Å². The molecule has 0 aliphatic heterocycles. The second kappa shape index (κ2) is 6.92. The Morgan fingerprint density at radius 3 is 2.55 bits per heavy atom. The molecular weight excluding hydrogens is 278 g/mol. The largest absolute Gasteiger partial charge is 0.460 e. The fourth-order valence-electron chi connectivity index (χ4n) is 2.11. The van der Waals surface area contributed by atoms with Crippen LogP contribution in [-0.2, 0) is 11.3 Å². The summed E-state index contributed by atoms with van der Waals surface area (Å²) in [5.41, 5.74) is 1.26. The van der Waals surface area contributed by atoms with Gasteiger partial charge in [-0.1, -0.05) is 0 Å². The van der Waals surface area contributed by atoms with Crippen molar-refractivity contribution in [2.24, 2.45) is 0 Å². The number of carbonyl (C=O) groups excluding carboxylic acids is 1. The molecule has 2 atom stereocenters. The van der Waals surface area contributed by atoms with E-state index in [1.807, 2.05) is 33.0 Å². The number of benzene rings is 1. The lowest BCUT2D eigenvalue weighted by Gasteiger charge is -2.20. The van der Waals surface area contributed by atoms with Crippen LogP contribution in [0.5, 0.6) is 0 Å².